The van der Waals surface area contributed by atoms with Crippen LogP contribution in [0.3, 0.4) is 0 Å². The van der Waals surface area contributed by atoms with Crippen molar-refractivity contribution in [2.45, 2.75) is 32.2 Å². The lowest BCUT2D eigenvalue weighted by Crippen LogP contribution is -2.16. The molecule has 0 aliphatic rings. The largest absolute Gasteiger partial charge is 0.493 e. The van der Waals surface area contributed by atoms with Crippen LogP contribution >= 0.6 is 0 Å². The molecule has 1 aromatic rings. The lowest BCUT2D eigenvalue weighted by Gasteiger charge is -2.18. The third kappa shape index (κ3) is 4.91. The Morgan fingerprint density at radius 3 is 2.74 bits per heavy atom. The first kappa shape index (κ1) is 15.5. The summed E-state index contributed by atoms with van der Waals surface area (Å²) in [6, 6.07) is 8.29. The number of benzene rings is 1. The molecule has 0 aliphatic heterocycles. The second kappa shape index (κ2) is 8.53. The van der Waals surface area contributed by atoms with E-state index in [0.717, 1.165) is 17.7 Å². The second-order valence-electron chi connectivity index (χ2n) is 4.32. The number of nitrogens with one attached hydrogen (secondary N) is 1. The van der Waals surface area contributed by atoms with Gasteiger partial charge in [-0.2, -0.15) is 0 Å². The van der Waals surface area contributed by atoms with E-state index in [4.69, 9.17) is 4.74 Å². The van der Waals surface area contributed by atoms with Gasteiger partial charge < -0.3 is 14.8 Å². The highest BCUT2D eigenvalue weighted by molar-refractivity contribution is 5.69. The first-order chi connectivity index (χ1) is 9.22. The van der Waals surface area contributed by atoms with Gasteiger partial charge in [-0.15, -0.1) is 0 Å². The molecule has 0 aromatic heterocycles. The Morgan fingerprint density at radius 2 is 2.11 bits per heavy atom. The number of hydrogen-bond donors (Lipinski definition) is 1. The van der Waals surface area contributed by atoms with E-state index >= 15 is 0 Å². The second-order valence-corrected chi connectivity index (χ2v) is 4.32. The fourth-order valence-corrected chi connectivity index (χ4v) is 1.98. The summed E-state index contributed by atoms with van der Waals surface area (Å²) in [5.41, 5.74) is 1.16. The minimum absolute atomic E-state index is 0.196. The molecule has 0 spiro atoms. The van der Waals surface area contributed by atoms with Gasteiger partial charge in [0.15, 0.2) is 0 Å². The highest BCUT2D eigenvalue weighted by Crippen LogP contribution is 2.26. The van der Waals surface area contributed by atoms with Gasteiger partial charge in [0.2, 0.25) is 0 Å². The summed E-state index contributed by atoms with van der Waals surface area (Å²) >= 11 is 0. The molecule has 106 valence electrons. The lowest BCUT2D eigenvalue weighted by atomic mass is 10.0. The number of carbonyl (C=O) groups is 1. The number of rotatable bonds is 8. The molecule has 0 saturated carbocycles. The molecule has 0 aliphatic carbocycles. The predicted molar refractivity (Wildman–Crippen MR) is 75.3 cm³/mol. The molecule has 0 heterocycles. The van der Waals surface area contributed by atoms with E-state index < -0.39 is 0 Å². The first-order valence-corrected chi connectivity index (χ1v) is 6.68. The van der Waals surface area contributed by atoms with E-state index in [0.29, 0.717) is 19.4 Å². The van der Waals surface area contributed by atoms with E-state index in [9.17, 15) is 4.79 Å². The van der Waals surface area contributed by atoms with Gasteiger partial charge in [-0.25, -0.2) is 0 Å². The van der Waals surface area contributed by atoms with Crippen molar-refractivity contribution in [2.75, 3.05) is 20.8 Å². The Morgan fingerprint density at radius 1 is 1.37 bits per heavy atom. The van der Waals surface area contributed by atoms with Gasteiger partial charge in [-0.1, -0.05) is 25.1 Å². The van der Waals surface area contributed by atoms with Crippen molar-refractivity contribution in [3.05, 3.63) is 29.8 Å². The summed E-state index contributed by atoms with van der Waals surface area (Å²) in [5.74, 6) is 0.687. The molecule has 4 nitrogen and oxygen atoms in total. The van der Waals surface area contributed by atoms with E-state index in [1.807, 2.05) is 25.2 Å². The molecule has 4 heteroatoms. The highest BCUT2D eigenvalue weighted by atomic mass is 16.5. The van der Waals surface area contributed by atoms with Crippen molar-refractivity contribution in [3.8, 4) is 5.75 Å². The number of hydrogen-bond acceptors (Lipinski definition) is 4. The minimum atomic E-state index is -0.196. The van der Waals surface area contributed by atoms with Crippen molar-refractivity contribution in [1.82, 2.24) is 5.32 Å². The predicted octanol–water partition coefficient (Wildman–Crippen LogP) is 2.69. The molecule has 1 atom stereocenters. The van der Waals surface area contributed by atoms with Crippen LogP contribution in [-0.4, -0.2) is 26.7 Å². The zero-order valence-corrected chi connectivity index (χ0v) is 11.9. The Kier molecular flexibility index (Phi) is 6.97. The Bertz CT molecular complexity index is 389. The van der Waals surface area contributed by atoms with Crippen molar-refractivity contribution in [3.63, 3.8) is 0 Å². The lowest BCUT2D eigenvalue weighted by molar-refractivity contribution is -0.140. The minimum Gasteiger partial charge on any atom is -0.493 e. The summed E-state index contributed by atoms with van der Waals surface area (Å²) in [5, 5.41) is 3.27. The summed E-state index contributed by atoms with van der Waals surface area (Å²) in [4.78, 5) is 11.0. The van der Waals surface area contributed by atoms with Crippen LogP contribution in [0.5, 0.6) is 5.75 Å². The third-order valence-electron chi connectivity index (χ3n) is 3.06. The molecule has 0 fully saturated rings. The van der Waals surface area contributed by atoms with Crippen LogP contribution < -0.4 is 10.1 Å². The van der Waals surface area contributed by atoms with Crippen LogP contribution in [0.2, 0.25) is 0 Å². The molecule has 0 saturated heterocycles. The number of carbonyl (C=O) groups excluding carboxylic acids is 1. The maximum atomic E-state index is 11.0. The molecule has 0 bridgehead atoms. The number of esters is 1. The normalized spacial score (nSPS) is 11.9. The number of methoxy groups -OCH3 is 1. The molecule has 1 rings (SSSR count). The Balaban J connectivity index is 2.55. The van der Waals surface area contributed by atoms with E-state index in [2.05, 4.69) is 23.0 Å². The van der Waals surface area contributed by atoms with E-state index in [1.165, 1.54) is 7.11 Å². The van der Waals surface area contributed by atoms with Gasteiger partial charge in [0.1, 0.15) is 5.75 Å². The fourth-order valence-electron chi connectivity index (χ4n) is 1.98. The maximum absolute atomic E-state index is 11.0. The fraction of sp³-hybridized carbons (Fsp3) is 0.533. The summed E-state index contributed by atoms with van der Waals surface area (Å²) < 4.78 is 10.4. The van der Waals surface area contributed by atoms with Gasteiger partial charge in [-0.05, 0) is 26.0 Å². The molecular formula is C15H23NO3. The average Bonchev–Trinajstić information content (AvgIpc) is 2.46. The van der Waals surface area contributed by atoms with Crippen LogP contribution in [0.1, 0.15) is 37.8 Å². The van der Waals surface area contributed by atoms with Gasteiger partial charge >= 0.3 is 5.97 Å². The highest BCUT2D eigenvalue weighted by Gasteiger charge is 2.12. The maximum Gasteiger partial charge on any atom is 0.305 e. The quantitative estimate of drug-likeness (QED) is 0.580. The summed E-state index contributed by atoms with van der Waals surface area (Å²) in [6.45, 7) is 2.65. The van der Waals surface area contributed by atoms with Crippen LogP contribution in [-0.2, 0) is 9.53 Å². The van der Waals surface area contributed by atoms with Gasteiger partial charge in [0, 0.05) is 18.0 Å². The topological polar surface area (TPSA) is 47.6 Å². The summed E-state index contributed by atoms with van der Waals surface area (Å²) in [7, 11) is 3.35. The zero-order chi connectivity index (χ0) is 14.1. The van der Waals surface area contributed by atoms with Crippen molar-refractivity contribution in [2.24, 2.45) is 0 Å². The summed E-state index contributed by atoms with van der Waals surface area (Å²) in [6.07, 6.45) is 2.05. The molecule has 0 amide bonds. The molecule has 1 N–H and O–H groups in total. The van der Waals surface area contributed by atoms with E-state index in [-0.39, 0.29) is 12.0 Å². The van der Waals surface area contributed by atoms with E-state index in [1.54, 1.807) is 0 Å². The molecule has 1 aromatic carbocycles. The molecule has 1 unspecified atom stereocenters. The third-order valence-corrected chi connectivity index (χ3v) is 3.06. The van der Waals surface area contributed by atoms with Crippen molar-refractivity contribution in [1.29, 1.82) is 0 Å². The number of para-hydroxylation sites is 1. The Labute approximate surface area is 115 Å². The molecular weight excluding hydrogens is 242 g/mol. The first-order valence-electron chi connectivity index (χ1n) is 6.68. The van der Waals surface area contributed by atoms with Crippen molar-refractivity contribution >= 4 is 5.97 Å². The van der Waals surface area contributed by atoms with Crippen LogP contribution in [0.15, 0.2) is 24.3 Å². The van der Waals surface area contributed by atoms with Gasteiger partial charge in [-0.3, -0.25) is 4.79 Å². The molecule has 19 heavy (non-hydrogen) atoms. The van der Waals surface area contributed by atoms with Crippen LogP contribution in [0.25, 0.3) is 0 Å². The Hall–Kier alpha value is -1.55. The van der Waals surface area contributed by atoms with Crippen LogP contribution in [0.4, 0.5) is 0 Å². The van der Waals surface area contributed by atoms with Gasteiger partial charge in [0.05, 0.1) is 13.7 Å². The smallest absolute Gasteiger partial charge is 0.305 e. The average molecular weight is 265 g/mol. The van der Waals surface area contributed by atoms with Crippen LogP contribution in [0, 0.1) is 0 Å². The number of ether oxygens (including phenoxy) is 2. The zero-order valence-electron chi connectivity index (χ0n) is 11.9. The monoisotopic (exact) mass is 265 g/mol. The van der Waals surface area contributed by atoms with Crippen molar-refractivity contribution < 1.29 is 14.3 Å². The SMILES string of the molecule is CCC(NC)c1ccccc1OCCCC(=O)OC. The van der Waals surface area contributed by atoms with Gasteiger partial charge in [0.25, 0.3) is 0 Å². The standard InChI is InChI=1S/C15H23NO3/c1-4-13(16-2)12-8-5-6-9-14(12)19-11-7-10-15(17)18-3/h5-6,8-9,13,16H,4,7,10-11H2,1-3H3. The molecule has 0 radical (unpaired) electrons.